The minimum Gasteiger partial charge on any atom is -0.497 e. The molecule has 0 saturated heterocycles. The molecule has 6 nitrogen and oxygen atoms in total. The van der Waals surface area contributed by atoms with Gasteiger partial charge in [-0.25, -0.2) is 13.8 Å². The Labute approximate surface area is 174 Å². The van der Waals surface area contributed by atoms with E-state index in [-0.39, 0.29) is 17.5 Å². The minimum atomic E-state index is -1.03. The molecule has 2 amide bonds. The van der Waals surface area contributed by atoms with E-state index in [9.17, 15) is 18.4 Å². The van der Waals surface area contributed by atoms with E-state index in [1.807, 2.05) is 0 Å². The number of anilines is 2. The summed E-state index contributed by atoms with van der Waals surface area (Å²) in [7, 11) is 1.55. The number of carbonyl (C=O) groups is 2. The monoisotopic (exact) mass is 429 g/mol. The molecule has 3 aromatic rings. The first-order valence-corrected chi connectivity index (χ1v) is 9.97. The van der Waals surface area contributed by atoms with E-state index in [4.69, 9.17) is 4.74 Å². The number of methoxy groups -OCH3 is 1. The van der Waals surface area contributed by atoms with Gasteiger partial charge >= 0.3 is 0 Å². The van der Waals surface area contributed by atoms with E-state index in [1.165, 1.54) is 17.4 Å². The highest BCUT2D eigenvalue weighted by atomic mass is 32.1. The van der Waals surface area contributed by atoms with Gasteiger partial charge in [0, 0.05) is 22.2 Å². The normalized spacial score (nSPS) is 14.8. The van der Waals surface area contributed by atoms with Gasteiger partial charge in [-0.1, -0.05) is 0 Å². The van der Waals surface area contributed by atoms with Gasteiger partial charge in [0.05, 0.1) is 18.7 Å². The minimum absolute atomic E-state index is 0.176. The van der Waals surface area contributed by atoms with Crippen molar-refractivity contribution in [2.24, 2.45) is 0 Å². The molecule has 0 bridgehead atoms. The van der Waals surface area contributed by atoms with Crippen LogP contribution in [0.3, 0.4) is 0 Å². The Hall–Kier alpha value is -3.33. The number of fused-ring (bicyclic) bond motifs is 1. The highest BCUT2D eigenvalue weighted by molar-refractivity contribution is 7.16. The summed E-state index contributed by atoms with van der Waals surface area (Å²) in [4.78, 5) is 30.4. The molecule has 0 spiro atoms. The molecule has 0 saturated carbocycles. The summed E-state index contributed by atoms with van der Waals surface area (Å²) in [5.74, 6) is -2.54. The molecule has 1 aromatic heterocycles. The molecule has 30 heavy (non-hydrogen) atoms. The molecule has 1 heterocycles. The fraction of sp³-hybridized carbons (Fsp3) is 0.190. The molecular formula is C21H17F2N3O3S. The van der Waals surface area contributed by atoms with Crippen molar-refractivity contribution < 1.29 is 23.1 Å². The Balaban J connectivity index is 1.45. The number of nitrogens with zero attached hydrogens (tertiary/aromatic N) is 1. The second kappa shape index (κ2) is 8.19. The van der Waals surface area contributed by atoms with E-state index < -0.39 is 17.6 Å². The summed E-state index contributed by atoms with van der Waals surface area (Å²) in [5, 5.41) is 5.76. The molecule has 0 fully saturated rings. The van der Waals surface area contributed by atoms with E-state index in [2.05, 4.69) is 15.6 Å². The number of carbonyl (C=O) groups excluding carboxylic acids is 2. The van der Waals surface area contributed by atoms with Crippen LogP contribution < -0.4 is 15.4 Å². The van der Waals surface area contributed by atoms with Crippen LogP contribution in [0.25, 0.3) is 0 Å². The number of ether oxygens (including phenoxy) is 1. The molecule has 9 heteroatoms. The van der Waals surface area contributed by atoms with Crippen LogP contribution in [0.1, 0.15) is 33.3 Å². The number of thiazole rings is 1. The lowest BCUT2D eigenvalue weighted by Gasteiger charge is -2.11. The van der Waals surface area contributed by atoms with Crippen LogP contribution in [0.2, 0.25) is 0 Å². The maximum absolute atomic E-state index is 13.4. The van der Waals surface area contributed by atoms with E-state index >= 15 is 0 Å². The lowest BCUT2D eigenvalue weighted by atomic mass is 10.1. The number of nitrogens with one attached hydrogen (secondary N) is 2. The highest BCUT2D eigenvalue weighted by Crippen LogP contribution is 2.39. The van der Waals surface area contributed by atoms with Gasteiger partial charge in [-0.3, -0.25) is 14.9 Å². The molecule has 2 aromatic carbocycles. The third-order valence-electron chi connectivity index (χ3n) is 4.79. The smallest absolute Gasteiger partial charge is 0.257 e. The van der Waals surface area contributed by atoms with Crippen LogP contribution in [0.4, 0.5) is 19.6 Å². The maximum Gasteiger partial charge on any atom is 0.257 e. The van der Waals surface area contributed by atoms with Crippen molar-refractivity contribution in [3.63, 3.8) is 0 Å². The van der Waals surface area contributed by atoms with Gasteiger partial charge < -0.3 is 10.1 Å². The predicted molar refractivity (Wildman–Crippen MR) is 109 cm³/mol. The number of hydrogen-bond acceptors (Lipinski definition) is 5. The summed E-state index contributed by atoms with van der Waals surface area (Å²) in [6.07, 6.45) is 1.22. The van der Waals surface area contributed by atoms with Gasteiger partial charge in [0.25, 0.3) is 5.91 Å². The first-order chi connectivity index (χ1) is 14.4. The van der Waals surface area contributed by atoms with E-state index in [0.29, 0.717) is 35.0 Å². The second-order valence-electron chi connectivity index (χ2n) is 6.72. The fourth-order valence-electron chi connectivity index (χ4n) is 3.25. The summed E-state index contributed by atoms with van der Waals surface area (Å²) < 4.78 is 31.5. The van der Waals surface area contributed by atoms with E-state index in [1.54, 1.807) is 31.4 Å². The molecule has 0 aliphatic heterocycles. The zero-order valence-electron chi connectivity index (χ0n) is 15.9. The lowest BCUT2D eigenvalue weighted by Crippen LogP contribution is -2.20. The average molecular weight is 429 g/mol. The summed E-state index contributed by atoms with van der Waals surface area (Å²) in [5.41, 5.74) is 1.24. The zero-order chi connectivity index (χ0) is 21.3. The molecule has 2 N–H and O–H groups in total. The molecule has 1 unspecified atom stereocenters. The van der Waals surface area contributed by atoms with Crippen LogP contribution in [-0.4, -0.2) is 23.9 Å². The number of benzene rings is 2. The summed E-state index contributed by atoms with van der Waals surface area (Å²) in [6.45, 7) is 0. The van der Waals surface area contributed by atoms with Crippen molar-refractivity contribution in [1.82, 2.24) is 4.98 Å². The largest absolute Gasteiger partial charge is 0.497 e. The van der Waals surface area contributed by atoms with Crippen molar-refractivity contribution in [3.05, 3.63) is 70.2 Å². The van der Waals surface area contributed by atoms with Crippen LogP contribution in [0.5, 0.6) is 5.75 Å². The van der Waals surface area contributed by atoms with Crippen molar-refractivity contribution in [2.45, 2.75) is 18.8 Å². The Morgan fingerprint density at radius 3 is 2.57 bits per heavy atom. The van der Waals surface area contributed by atoms with Crippen LogP contribution in [0.15, 0.2) is 42.5 Å². The zero-order valence-corrected chi connectivity index (χ0v) is 16.7. The van der Waals surface area contributed by atoms with Crippen LogP contribution in [-0.2, 0) is 11.2 Å². The quantitative estimate of drug-likeness (QED) is 0.632. The van der Waals surface area contributed by atoms with Crippen LogP contribution >= 0.6 is 11.3 Å². The highest BCUT2D eigenvalue weighted by Gasteiger charge is 2.33. The number of amides is 2. The van der Waals surface area contributed by atoms with Crippen molar-refractivity contribution >= 4 is 34.0 Å². The van der Waals surface area contributed by atoms with Gasteiger partial charge in [0.15, 0.2) is 16.8 Å². The van der Waals surface area contributed by atoms with Crippen LogP contribution in [0, 0.1) is 11.6 Å². The Bertz CT molecular complexity index is 1120. The number of halogens is 2. The fourth-order valence-corrected chi connectivity index (χ4v) is 4.28. The first-order valence-electron chi connectivity index (χ1n) is 9.15. The Morgan fingerprint density at radius 1 is 1.10 bits per heavy atom. The van der Waals surface area contributed by atoms with Gasteiger partial charge in [0.1, 0.15) is 5.75 Å². The number of aryl methyl sites for hydroxylation is 1. The number of rotatable bonds is 5. The van der Waals surface area contributed by atoms with Crippen molar-refractivity contribution in [3.8, 4) is 5.75 Å². The molecule has 154 valence electrons. The average Bonchev–Trinajstić information content (AvgIpc) is 3.31. The van der Waals surface area contributed by atoms with Gasteiger partial charge in [-0.15, -0.1) is 11.3 Å². The van der Waals surface area contributed by atoms with Gasteiger partial charge in [0.2, 0.25) is 5.91 Å². The standard InChI is InChI=1S/C21H17F2N3O3S/c1-29-13-5-2-11(3-6-13)19(27)26-21-25-18-14(7-9-17(18)30-21)20(28)24-12-4-8-15(22)16(23)10-12/h2-6,8,10,14H,7,9H2,1H3,(H,24,28)(H,25,26,27). The molecular weight excluding hydrogens is 412 g/mol. The Kier molecular flexibility index (Phi) is 5.45. The Morgan fingerprint density at radius 2 is 1.87 bits per heavy atom. The number of aromatic nitrogens is 1. The predicted octanol–water partition coefficient (Wildman–Crippen LogP) is 4.35. The molecule has 1 aliphatic carbocycles. The topological polar surface area (TPSA) is 80.3 Å². The summed E-state index contributed by atoms with van der Waals surface area (Å²) >= 11 is 1.33. The first kappa shape index (κ1) is 20.0. The van der Waals surface area contributed by atoms with E-state index in [0.717, 1.165) is 17.0 Å². The molecule has 4 rings (SSSR count). The molecule has 1 atom stereocenters. The maximum atomic E-state index is 13.4. The second-order valence-corrected chi connectivity index (χ2v) is 7.80. The third kappa shape index (κ3) is 4.02. The lowest BCUT2D eigenvalue weighted by molar-refractivity contribution is -0.117. The molecule has 0 radical (unpaired) electrons. The van der Waals surface area contributed by atoms with Gasteiger partial charge in [-0.2, -0.15) is 0 Å². The summed E-state index contributed by atoms with van der Waals surface area (Å²) in [6, 6.07) is 9.87. The van der Waals surface area contributed by atoms with Crippen molar-refractivity contribution in [1.29, 1.82) is 0 Å². The van der Waals surface area contributed by atoms with Crippen molar-refractivity contribution in [2.75, 3.05) is 17.7 Å². The molecule has 1 aliphatic rings. The third-order valence-corrected chi connectivity index (χ3v) is 5.84. The number of hydrogen-bond donors (Lipinski definition) is 2. The SMILES string of the molecule is COc1ccc(C(=O)Nc2nc3c(s2)CCC3C(=O)Nc2ccc(F)c(F)c2)cc1. The van der Waals surface area contributed by atoms with Gasteiger partial charge in [-0.05, 0) is 49.2 Å².